The van der Waals surface area contributed by atoms with E-state index in [0.717, 1.165) is 13.1 Å². The van der Waals surface area contributed by atoms with Crippen molar-refractivity contribution < 1.29 is 9.84 Å². The zero-order valence-electron chi connectivity index (χ0n) is 11.3. The normalized spacial score (nSPS) is 15.6. The molecule has 20 heavy (non-hydrogen) atoms. The molecule has 1 aromatic carbocycles. The lowest BCUT2D eigenvalue weighted by Gasteiger charge is -2.29. The standard InChI is InChI=1S/C14H17N3O3/c1-20-9-2-3-10-11(8-9)16-14(19)12(13(10)18)17-6-4-15-5-7-17/h2-3,8,15H,4-7H2,1H3,(H2,16,18,19). The van der Waals surface area contributed by atoms with Crippen molar-refractivity contribution in [3.63, 3.8) is 0 Å². The van der Waals surface area contributed by atoms with Gasteiger partial charge in [0.25, 0.3) is 5.56 Å². The molecule has 1 fully saturated rings. The number of aromatic hydroxyl groups is 1. The number of aromatic amines is 1. The van der Waals surface area contributed by atoms with Crippen LogP contribution in [0.3, 0.4) is 0 Å². The van der Waals surface area contributed by atoms with Gasteiger partial charge in [-0.25, -0.2) is 0 Å². The van der Waals surface area contributed by atoms with E-state index in [-0.39, 0.29) is 11.3 Å². The first-order valence-corrected chi connectivity index (χ1v) is 6.59. The summed E-state index contributed by atoms with van der Waals surface area (Å²) in [4.78, 5) is 17.0. The second-order valence-corrected chi connectivity index (χ2v) is 4.80. The number of benzene rings is 1. The number of piperazine rings is 1. The van der Waals surface area contributed by atoms with E-state index in [9.17, 15) is 9.90 Å². The van der Waals surface area contributed by atoms with E-state index < -0.39 is 0 Å². The molecule has 1 aromatic heterocycles. The minimum Gasteiger partial charge on any atom is -0.505 e. The molecule has 106 valence electrons. The van der Waals surface area contributed by atoms with Gasteiger partial charge in [0.15, 0.2) is 5.75 Å². The summed E-state index contributed by atoms with van der Waals surface area (Å²) in [6, 6.07) is 5.23. The summed E-state index contributed by atoms with van der Waals surface area (Å²) in [6.07, 6.45) is 0. The van der Waals surface area contributed by atoms with E-state index in [1.165, 1.54) is 0 Å². The van der Waals surface area contributed by atoms with E-state index >= 15 is 0 Å². The first-order valence-electron chi connectivity index (χ1n) is 6.59. The van der Waals surface area contributed by atoms with E-state index in [1.807, 2.05) is 4.90 Å². The number of hydrogen-bond acceptors (Lipinski definition) is 5. The molecule has 0 saturated carbocycles. The SMILES string of the molecule is COc1ccc2c(O)c(N3CCNCC3)c(=O)[nH]c2c1. The Morgan fingerprint density at radius 1 is 1.30 bits per heavy atom. The van der Waals surface area contributed by atoms with Gasteiger partial charge in [-0.15, -0.1) is 0 Å². The topological polar surface area (TPSA) is 77.6 Å². The van der Waals surface area contributed by atoms with Crippen molar-refractivity contribution in [1.82, 2.24) is 10.3 Å². The van der Waals surface area contributed by atoms with Gasteiger partial charge < -0.3 is 25.0 Å². The maximum atomic E-state index is 12.2. The number of H-pyrrole nitrogens is 1. The molecule has 1 saturated heterocycles. The fraction of sp³-hybridized carbons (Fsp3) is 0.357. The summed E-state index contributed by atoms with van der Waals surface area (Å²) >= 11 is 0. The van der Waals surface area contributed by atoms with Crippen molar-refractivity contribution in [1.29, 1.82) is 0 Å². The van der Waals surface area contributed by atoms with E-state index in [2.05, 4.69) is 10.3 Å². The molecule has 1 aliphatic rings. The molecular formula is C14H17N3O3. The van der Waals surface area contributed by atoms with Crippen LogP contribution >= 0.6 is 0 Å². The molecule has 6 heteroatoms. The van der Waals surface area contributed by atoms with Crippen LogP contribution in [0.4, 0.5) is 5.69 Å². The van der Waals surface area contributed by atoms with E-state index in [1.54, 1.807) is 25.3 Å². The van der Waals surface area contributed by atoms with Gasteiger partial charge in [0.2, 0.25) is 0 Å². The first kappa shape index (κ1) is 12.8. The highest BCUT2D eigenvalue weighted by Crippen LogP contribution is 2.32. The van der Waals surface area contributed by atoms with Crippen molar-refractivity contribution in [2.75, 3.05) is 38.2 Å². The molecular weight excluding hydrogens is 258 g/mol. The zero-order chi connectivity index (χ0) is 14.1. The highest BCUT2D eigenvalue weighted by molar-refractivity contribution is 5.90. The van der Waals surface area contributed by atoms with Crippen molar-refractivity contribution in [2.24, 2.45) is 0 Å². The molecule has 3 rings (SSSR count). The van der Waals surface area contributed by atoms with Crippen LogP contribution in [0.15, 0.2) is 23.0 Å². The van der Waals surface area contributed by atoms with Gasteiger partial charge in [-0.05, 0) is 12.1 Å². The fourth-order valence-corrected chi connectivity index (χ4v) is 2.56. The van der Waals surface area contributed by atoms with Gasteiger partial charge in [0, 0.05) is 37.6 Å². The highest BCUT2D eigenvalue weighted by Gasteiger charge is 2.20. The Bertz CT molecular complexity index is 690. The largest absolute Gasteiger partial charge is 0.505 e. The molecule has 2 aromatic rings. The first-order chi connectivity index (χ1) is 9.70. The summed E-state index contributed by atoms with van der Waals surface area (Å²) in [6.45, 7) is 3.02. The Labute approximate surface area is 116 Å². The van der Waals surface area contributed by atoms with Crippen LogP contribution < -0.4 is 20.5 Å². The molecule has 3 N–H and O–H groups in total. The average molecular weight is 275 g/mol. The summed E-state index contributed by atoms with van der Waals surface area (Å²) in [5.74, 6) is 0.677. The van der Waals surface area contributed by atoms with Crippen LogP contribution in [-0.2, 0) is 0 Å². The molecule has 0 amide bonds. The van der Waals surface area contributed by atoms with Crippen LogP contribution in [0, 0.1) is 0 Å². The molecule has 6 nitrogen and oxygen atoms in total. The quantitative estimate of drug-likeness (QED) is 0.750. The second-order valence-electron chi connectivity index (χ2n) is 4.80. The number of fused-ring (bicyclic) bond motifs is 1. The van der Waals surface area contributed by atoms with E-state index in [0.29, 0.717) is 35.4 Å². The summed E-state index contributed by atoms with van der Waals surface area (Å²) in [5, 5.41) is 14.3. The lowest BCUT2D eigenvalue weighted by atomic mass is 10.1. The Morgan fingerprint density at radius 3 is 2.75 bits per heavy atom. The molecule has 1 aliphatic heterocycles. The maximum absolute atomic E-state index is 12.2. The molecule has 0 spiro atoms. The fourth-order valence-electron chi connectivity index (χ4n) is 2.56. The number of anilines is 1. The molecule has 0 atom stereocenters. The van der Waals surface area contributed by atoms with Crippen LogP contribution in [-0.4, -0.2) is 43.4 Å². The molecule has 0 radical (unpaired) electrons. The van der Waals surface area contributed by atoms with Gasteiger partial charge >= 0.3 is 0 Å². The Kier molecular flexibility index (Phi) is 3.23. The van der Waals surface area contributed by atoms with Crippen LogP contribution in [0.5, 0.6) is 11.5 Å². The molecule has 0 bridgehead atoms. The molecule has 0 unspecified atom stereocenters. The third-order valence-electron chi connectivity index (χ3n) is 3.60. The number of methoxy groups -OCH3 is 1. The number of aromatic nitrogens is 1. The Hall–Kier alpha value is -2.21. The summed E-state index contributed by atoms with van der Waals surface area (Å²) in [7, 11) is 1.56. The predicted molar refractivity (Wildman–Crippen MR) is 77.9 cm³/mol. The number of rotatable bonds is 2. The number of nitrogens with one attached hydrogen (secondary N) is 2. The highest BCUT2D eigenvalue weighted by atomic mass is 16.5. The van der Waals surface area contributed by atoms with Crippen LogP contribution in [0.2, 0.25) is 0 Å². The van der Waals surface area contributed by atoms with Crippen molar-refractivity contribution in [2.45, 2.75) is 0 Å². The monoisotopic (exact) mass is 275 g/mol. The third-order valence-corrected chi connectivity index (χ3v) is 3.60. The lowest BCUT2D eigenvalue weighted by molar-refractivity contribution is 0.415. The lowest BCUT2D eigenvalue weighted by Crippen LogP contribution is -2.45. The minimum atomic E-state index is -0.273. The third kappa shape index (κ3) is 2.08. The zero-order valence-corrected chi connectivity index (χ0v) is 11.3. The summed E-state index contributed by atoms with van der Waals surface area (Å²) in [5.41, 5.74) is 0.653. The number of hydrogen-bond donors (Lipinski definition) is 3. The van der Waals surface area contributed by atoms with Crippen LogP contribution in [0.1, 0.15) is 0 Å². The van der Waals surface area contributed by atoms with Gasteiger partial charge in [-0.3, -0.25) is 4.79 Å². The van der Waals surface area contributed by atoms with Crippen molar-refractivity contribution >= 4 is 16.6 Å². The maximum Gasteiger partial charge on any atom is 0.275 e. The smallest absolute Gasteiger partial charge is 0.275 e. The molecule has 2 heterocycles. The van der Waals surface area contributed by atoms with Crippen LogP contribution in [0.25, 0.3) is 10.9 Å². The minimum absolute atomic E-state index is 0.0355. The van der Waals surface area contributed by atoms with Gasteiger partial charge in [-0.2, -0.15) is 0 Å². The van der Waals surface area contributed by atoms with Gasteiger partial charge in [-0.1, -0.05) is 0 Å². The average Bonchev–Trinajstić information content (AvgIpc) is 2.47. The Morgan fingerprint density at radius 2 is 2.05 bits per heavy atom. The van der Waals surface area contributed by atoms with Gasteiger partial charge in [0.1, 0.15) is 11.4 Å². The molecule has 0 aliphatic carbocycles. The number of pyridine rings is 1. The Balaban J connectivity index is 2.16. The number of nitrogens with zero attached hydrogens (tertiary/aromatic N) is 1. The summed E-state index contributed by atoms with van der Waals surface area (Å²) < 4.78 is 5.13. The second kappa shape index (κ2) is 5.05. The van der Waals surface area contributed by atoms with E-state index in [4.69, 9.17) is 4.74 Å². The van der Waals surface area contributed by atoms with Crippen molar-refractivity contribution in [3.8, 4) is 11.5 Å². The van der Waals surface area contributed by atoms with Gasteiger partial charge in [0.05, 0.1) is 12.6 Å². The van der Waals surface area contributed by atoms with Crippen molar-refractivity contribution in [3.05, 3.63) is 28.6 Å². The number of ether oxygens (including phenoxy) is 1. The predicted octanol–water partition coefficient (Wildman–Crippen LogP) is 0.652.